The number of hydrogen-bond donors (Lipinski definition) is 2. The summed E-state index contributed by atoms with van der Waals surface area (Å²) in [5.74, 6) is -1.16. The van der Waals surface area contributed by atoms with Gasteiger partial charge in [-0.25, -0.2) is 14.2 Å². The Morgan fingerprint density at radius 2 is 2.07 bits per heavy atom. The van der Waals surface area contributed by atoms with Crippen molar-refractivity contribution in [3.63, 3.8) is 0 Å². The molecule has 3 N–H and O–H groups in total. The Morgan fingerprint density at radius 3 is 2.75 bits per heavy atom. The monoisotopic (exact) mass is 418 g/mol. The molecular formula is C19H16ClFN4O2S. The molecule has 1 aliphatic heterocycles. The lowest BCUT2D eigenvalue weighted by molar-refractivity contribution is -0.119. The van der Waals surface area contributed by atoms with E-state index in [0.717, 1.165) is 20.8 Å². The molecular weight excluding hydrogens is 403 g/mol. The number of hydrogen-bond acceptors (Lipinski definition) is 4. The average Bonchev–Trinajstić information content (AvgIpc) is 3.20. The molecule has 1 unspecified atom stereocenters. The topological polar surface area (TPSA) is 88.3 Å². The van der Waals surface area contributed by atoms with Crippen LogP contribution in [-0.2, 0) is 4.79 Å². The molecule has 2 atom stereocenters. The van der Waals surface area contributed by atoms with Crippen molar-refractivity contribution in [1.82, 2.24) is 15.2 Å². The lowest BCUT2D eigenvalue weighted by Gasteiger charge is -2.28. The largest absolute Gasteiger partial charge is 0.368 e. The van der Waals surface area contributed by atoms with Crippen LogP contribution in [0, 0.1) is 12.7 Å². The summed E-state index contributed by atoms with van der Waals surface area (Å²) in [6.45, 7) is 2.02. The Kier molecular flexibility index (Phi) is 4.68. The molecule has 1 aromatic heterocycles. The van der Waals surface area contributed by atoms with Crippen LogP contribution in [0.4, 0.5) is 9.18 Å². The van der Waals surface area contributed by atoms with Crippen LogP contribution < -0.4 is 11.1 Å². The first kappa shape index (κ1) is 18.6. The predicted molar refractivity (Wildman–Crippen MR) is 106 cm³/mol. The minimum atomic E-state index is -0.795. The maximum absolute atomic E-state index is 13.7. The van der Waals surface area contributed by atoms with Gasteiger partial charge in [0.1, 0.15) is 11.9 Å². The van der Waals surface area contributed by atoms with Crippen LogP contribution in [0.15, 0.2) is 36.4 Å². The number of amides is 3. The van der Waals surface area contributed by atoms with E-state index in [1.54, 1.807) is 17.4 Å². The van der Waals surface area contributed by atoms with Crippen molar-refractivity contribution in [1.29, 1.82) is 0 Å². The summed E-state index contributed by atoms with van der Waals surface area (Å²) in [6.07, 6.45) is 0. The summed E-state index contributed by atoms with van der Waals surface area (Å²) in [5, 5.41) is 3.47. The van der Waals surface area contributed by atoms with E-state index in [-0.39, 0.29) is 11.6 Å². The molecule has 2 aromatic carbocycles. The number of carbonyl (C=O) groups excluding carboxylic acids is 2. The normalized spacial score (nSPS) is 17.8. The number of benzene rings is 2. The fourth-order valence-corrected chi connectivity index (χ4v) is 4.40. The van der Waals surface area contributed by atoms with Gasteiger partial charge in [0, 0.05) is 0 Å². The van der Waals surface area contributed by atoms with Crippen LogP contribution in [0.5, 0.6) is 0 Å². The van der Waals surface area contributed by atoms with Crippen LogP contribution in [0.25, 0.3) is 10.2 Å². The number of carbonyl (C=O) groups is 2. The molecule has 0 bridgehead atoms. The summed E-state index contributed by atoms with van der Waals surface area (Å²) < 4.78 is 14.7. The van der Waals surface area contributed by atoms with Gasteiger partial charge in [0.25, 0.3) is 0 Å². The molecule has 144 valence electrons. The second-order valence-corrected chi connectivity index (χ2v) is 8.23. The van der Waals surface area contributed by atoms with Crippen molar-refractivity contribution in [2.24, 2.45) is 5.73 Å². The molecule has 1 saturated heterocycles. The van der Waals surface area contributed by atoms with Crippen LogP contribution in [0.3, 0.4) is 0 Å². The molecule has 6 nitrogen and oxygen atoms in total. The summed E-state index contributed by atoms with van der Waals surface area (Å²) in [4.78, 5) is 30.2. The van der Waals surface area contributed by atoms with Gasteiger partial charge in [-0.15, -0.1) is 11.3 Å². The van der Waals surface area contributed by atoms with Crippen LogP contribution in [0.1, 0.15) is 22.2 Å². The highest BCUT2D eigenvalue weighted by atomic mass is 35.5. The van der Waals surface area contributed by atoms with Gasteiger partial charge in [0.15, 0.2) is 0 Å². The van der Waals surface area contributed by atoms with Crippen molar-refractivity contribution >= 4 is 45.1 Å². The molecule has 1 aliphatic rings. The third kappa shape index (κ3) is 3.29. The summed E-state index contributed by atoms with van der Waals surface area (Å²) in [6, 6.07) is 8.26. The zero-order valence-electron chi connectivity index (χ0n) is 14.8. The third-order valence-corrected chi connectivity index (χ3v) is 5.93. The molecule has 3 amide bonds. The minimum Gasteiger partial charge on any atom is -0.368 e. The number of fused-ring (bicyclic) bond motifs is 1. The number of nitrogens with two attached hydrogens (primary N) is 1. The number of thiazole rings is 1. The maximum Gasteiger partial charge on any atom is 0.318 e. The number of rotatable bonds is 4. The van der Waals surface area contributed by atoms with Gasteiger partial charge in [-0.3, -0.25) is 4.79 Å². The van der Waals surface area contributed by atoms with Crippen molar-refractivity contribution in [2.75, 3.05) is 6.54 Å². The van der Waals surface area contributed by atoms with Crippen LogP contribution >= 0.6 is 22.9 Å². The number of aromatic nitrogens is 1. The molecule has 0 spiro atoms. The molecule has 9 heteroatoms. The third-order valence-electron chi connectivity index (χ3n) is 4.69. The molecule has 1 fully saturated rings. The van der Waals surface area contributed by atoms with E-state index in [9.17, 15) is 14.0 Å². The highest BCUT2D eigenvalue weighted by molar-refractivity contribution is 7.18. The average molecular weight is 419 g/mol. The molecule has 28 heavy (non-hydrogen) atoms. The summed E-state index contributed by atoms with van der Waals surface area (Å²) in [5.41, 5.74) is 7.57. The highest BCUT2D eigenvalue weighted by Gasteiger charge is 2.38. The number of nitrogens with one attached hydrogen (secondary N) is 1. The lowest BCUT2D eigenvalue weighted by Crippen LogP contribution is -2.39. The van der Waals surface area contributed by atoms with Gasteiger partial charge in [-0.05, 0) is 42.3 Å². The fraction of sp³-hybridized carbons (Fsp3) is 0.211. The van der Waals surface area contributed by atoms with E-state index in [0.29, 0.717) is 5.56 Å². The van der Waals surface area contributed by atoms with E-state index in [1.165, 1.54) is 17.0 Å². The van der Waals surface area contributed by atoms with E-state index >= 15 is 0 Å². The van der Waals surface area contributed by atoms with Crippen molar-refractivity contribution < 1.29 is 14.0 Å². The molecule has 4 rings (SSSR count). The second kappa shape index (κ2) is 7.03. The first-order valence-corrected chi connectivity index (χ1v) is 9.71. The molecule has 0 radical (unpaired) electrons. The summed E-state index contributed by atoms with van der Waals surface area (Å²) >= 11 is 7.56. The molecule has 0 saturated carbocycles. The molecule has 2 heterocycles. The zero-order chi connectivity index (χ0) is 20.0. The van der Waals surface area contributed by atoms with Gasteiger partial charge in [0.05, 0.1) is 32.8 Å². The second-order valence-electron chi connectivity index (χ2n) is 6.59. The zero-order valence-corrected chi connectivity index (χ0v) is 16.4. The molecule has 3 aromatic rings. The number of halogens is 2. The smallest absolute Gasteiger partial charge is 0.318 e. The Labute approximate surface area is 169 Å². The van der Waals surface area contributed by atoms with E-state index < -0.39 is 29.8 Å². The van der Waals surface area contributed by atoms with Gasteiger partial charge >= 0.3 is 6.03 Å². The predicted octanol–water partition coefficient (Wildman–Crippen LogP) is 3.37. The maximum atomic E-state index is 13.7. The van der Waals surface area contributed by atoms with E-state index in [2.05, 4.69) is 10.3 Å². The summed E-state index contributed by atoms with van der Waals surface area (Å²) in [7, 11) is 0. The van der Waals surface area contributed by atoms with Gasteiger partial charge < -0.3 is 16.0 Å². The number of urea groups is 1. The van der Waals surface area contributed by atoms with Gasteiger partial charge in [-0.1, -0.05) is 23.7 Å². The van der Waals surface area contributed by atoms with Gasteiger partial charge in [0.2, 0.25) is 5.91 Å². The highest BCUT2D eigenvalue weighted by Crippen LogP contribution is 2.35. The first-order valence-electron chi connectivity index (χ1n) is 8.52. The molecule has 0 aliphatic carbocycles. The van der Waals surface area contributed by atoms with Crippen molar-refractivity contribution in [2.45, 2.75) is 19.0 Å². The van der Waals surface area contributed by atoms with Crippen LogP contribution in [0.2, 0.25) is 5.02 Å². The Morgan fingerprint density at radius 1 is 1.36 bits per heavy atom. The number of primary amides is 1. The lowest BCUT2D eigenvalue weighted by atomic mass is 9.96. The first-order chi connectivity index (χ1) is 13.3. The van der Waals surface area contributed by atoms with Gasteiger partial charge in [-0.2, -0.15) is 0 Å². The fourth-order valence-electron chi connectivity index (χ4n) is 3.41. The Balaban J connectivity index is 1.83. The number of nitrogens with zero attached hydrogens (tertiary/aromatic N) is 2. The SMILES string of the molecule is Cc1nc2cc([C@@H](c3ccc(F)c(Cl)c3)N3CC(C(N)=O)NC3=O)ccc2s1. The van der Waals surface area contributed by atoms with Crippen molar-refractivity contribution in [3.8, 4) is 0 Å². The van der Waals surface area contributed by atoms with E-state index in [4.69, 9.17) is 17.3 Å². The Bertz CT molecular complexity index is 1100. The van der Waals surface area contributed by atoms with Crippen molar-refractivity contribution in [3.05, 3.63) is 63.4 Å². The minimum absolute atomic E-state index is 0.0425. The number of aryl methyl sites for hydroxylation is 1. The quantitative estimate of drug-likeness (QED) is 0.680. The standard InChI is InChI=1S/C19H16ClFN4O2S/c1-9-23-14-7-11(3-5-16(14)28-9)17(10-2-4-13(21)12(20)6-10)25-8-15(18(22)26)24-19(25)27/h2-7,15,17H,8H2,1H3,(H2,22,26)(H,24,27)/t15?,17-/m1/s1. The van der Waals surface area contributed by atoms with E-state index in [1.807, 2.05) is 25.1 Å². The Hall–Kier alpha value is -2.71. The van der Waals surface area contributed by atoms with Crippen LogP contribution in [-0.4, -0.2) is 34.4 Å².